The molecule has 0 saturated carbocycles. The van der Waals surface area contributed by atoms with Crippen LogP contribution < -0.4 is 5.32 Å². The van der Waals surface area contributed by atoms with Crippen molar-refractivity contribution in [3.8, 4) is 0 Å². The Labute approximate surface area is 116 Å². The first kappa shape index (κ1) is 12.1. The summed E-state index contributed by atoms with van der Waals surface area (Å²) in [5.41, 5.74) is 3.11. The predicted octanol–water partition coefficient (Wildman–Crippen LogP) is 4.17. The lowest BCUT2D eigenvalue weighted by Crippen LogP contribution is -2.06. The summed E-state index contributed by atoms with van der Waals surface area (Å²) in [4.78, 5) is 8.98. The summed E-state index contributed by atoms with van der Waals surface area (Å²) in [5, 5.41) is 7.74. The van der Waals surface area contributed by atoms with E-state index in [1.165, 1.54) is 0 Å². The number of nitrogens with one attached hydrogen (secondary N) is 1. The summed E-state index contributed by atoms with van der Waals surface area (Å²) < 4.78 is 0. The zero-order valence-corrected chi connectivity index (χ0v) is 11.7. The van der Waals surface area contributed by atoms with Gasteiger partial charge in [-0.05, 0) is 26.0 Å². The minimum atomic E-state index is 0.188. The Morgan fingerprint density at radius 1 is 1.21 bits per heavy atom. The second kappa shape index (κ2) is 4.97. The summed E-state index contributed by atoms with van der Waals surface area (Å²) >= 11 is 1.66. The van der Waals surface area contributed by atoms with Crippen LogP contribution in [0.15, 0.2) is 41.9 Å². The number of fused-ring (bicyclic) bond motifs is 1. The number of thiazole rings is 1. The summed E-state index contributed by atoms with van der Waals surface area (Å²) in [6.45, 7) is 4.13. The van der Waals surface area contributed by atoms with E-state index < -0.39 is 0 Å². The smallest absolute Gasteiger partial charge is 0.115 e. The van der Waals surface area contributed by atoms with E-state index in [4.69, 9.17) is 0 Å². The van der Waals surface area contributed by atoms with Gasteiger partial charge in [0.15, 0.2) is 0 Å². The number of rotatable bonds is 3. The molecule has 3 aromatic rings. The second-order valence-corrected chi connectivity index (χ2v) is 5.49. The summed E-state index contributed by atoms with van der Waals surface area (Å²) in [5.74, 6) is 0. The molecule has 0 spiro atoms. The molecular formula is C15H15N3S. The molecule has 96 valence electrons. The van der Waals surface area contributed by atoms with Gasteiger partial charge in [-0.25, -0.2) is 4.98 Å². The fourth-order valence-corrected chi connectivity index (χ4v) is 2.75. The van der Waals surface area contributed by atoms with E-state index >= 15 is 0 Å². The standard InChI is InChI=1S/C15H15N3S/c1-10-6-7-12-4-3-5-13(14(12)17-10)18-11(2)15-16-8-9-19-15/h3-9,11,18H,1-2H3. The Morgan fingerprint density at radius 2 is 2.11 bits per heavy atom. The van der Waals surface area contributed by atoms with Crippen LogP contribution in [0.2, 0.25) is 0 Å². The molecule has 2 heterocycles. The molecule has 1 N–H and O–H groups in total. The number of aryl methyl sites for hydroxylation is 1. The van der Waals surface area contributed by atoms with Crippen LogP contribution in [0.3, 0.4) is 0 Å². The molecule has 0 aliphatic rings. The van der Waals surface area contributed by atoms with Crippen LogP contribution in [-0.4, -0.2) is 9.97 Å². The summed E-state index contributed by atoms with van der Waals surface area (Å²) in [6.07, 6.45) is 1.84. The van der Waals surface area contributed by atoms with Gasteiger partial charge in [0.05, 0.1) is 17.2 Å². The van der Waals surface area contributed by atoms with Crippen molar-refractivity contribution < 1.29 is 0 Å². The number of para-hydroxylation sites is 1. The van der Waals surface area contributed by atoms with Gasteiger partial charge in [0.1, 0.15) is 5.01 Å². The Bertz CT molecular complexity index is 692. The largest absolute Gasteiger partial charge is 0.374 e. The fourth-order valence-electron chi connectivity index (χ4n) is 2.10. The molecule has 0 aliphatic carbocycles. The normalized spacial score (nSPS) is 12.5. The first-order valence-corrected chi connectivity index (χ1v) is 7.14. The number of hydrogen-bond acceptors (Lipinski definition) is 4. The molecule has 4 heteroatoms. The SMILES string of the molecule is Cc1ccc2cccc(NC(C)c3nccs3)c2n1. The first-order valence-electron chi connectivity index (χ1n) is 6.26. The maximum Gasteiger partial charge on any atom is 0.115 e. The van der Waals surface area contributed by atoms with E-state index in [9.17, 15) is 0 Å². The molecular weight excluding hydrogens is 254 g/mol. The van der Waals surface area contributed by atoms with Crippen LogP contribution in [0.1, 0.15) is 23.7 Å². The Balaban J connectivity index is 1.98. The summed E-state index contributed by atoms with van der Waals surface area (Å²) in [7, 11) is 0. The third-order valence-electron chi connectivity index (χ3n) is 3.05. The minimum absolute atomic E-state index is 0.188. The van der Waals surface area contributed by atoms with Crippen molar-refractivity contribution in [3.05, 3.63) is 52.6 Å². The van der Waals surface area contributed by atoms with Crippen molar-refractivity contribution in [2.45, 2.75) is 19.9 Å². The highest BCUT2D eigenvalue weighted by Crippen LogP contribution is 2.26. The van der Waals surface area contributed by atoms with Gasteiger partial charge in [-0.2, -0.15) is 0 Å². The second-order valence-electron chi connectivity index (χ2n) is 4.57. The third-order valence-corrected chi connectivity index (χ3v) is 4.01. The van der Waals surface area contributed by atoms with Crippen molar-refractivity contribution in [1.82, 2.24) is 9.97 Å². The number of benzene rings is 1. The van der Waals surface area contributed by atoms with Crippen molar-refractivity contribution in [2.75, 3.05) is 5.32 Å². The molecule has 0 fully saturated rings. The molecule has 2 aromatic heterocycles. The molecule has 3 nitrogen and oxygen atoms in total. The highest BCUT2D eigenvalue weighted by atomic mass is 32.1. The Hall–Kier alpha value is -1.94. The lowest BCUT2D eigenvalue weighted by atomic mass is 10.1. The Kier molecular flexibility index (Phi) is 3.17. The van der Waals surface area contributed by atoms with Gasteiger partial charge in [0, 0.05) is 22.7 Å². The van der Waals surface area contributed by atoms with Gasteiger partial charge in [-0.15, -0.1) is 11.3 Å². The van der Waals surface area contributed by atoms with Crippen LogP contribution in [0, 0.1) is 6.92 Å². The van der Waals surface area contributed by atoms with Crippen LogP contribution in [-0.2, 0) is 0 Å². The Morgan fingerprint density at radius 3 is 2.89 bits per heavy atom. The third kappa shape index (κ3) is 2.44. The van der Waals surface area contributed by atoms with Gasteiger partial charge in [-0.3, -0.25) is 4.98 Å². The number of anilines is 1. The van der Waals surface area contributed by atoms with E-state index in [1.54, 1.807) is 11.3 Å². The topological polar surface area (TPSA) is 37.8 Å². The minimum Gasteiger partial charge on any atom is -0.374 e. The number of aromatic nitrogens is 2. The van der Waals surface area contributed by atoms with Gasteiger partial charge >= 0.3 is 0 Å². The van der Waals surface area contributed by atoms with Crippen LogP contribution in [0.4, 0.5) is 5.69 Å². The summed E-state index contributed by atoms with van der Waals surface area (Å²) in [6, 6.07) is 10.5. The molecule has 19 heavy (non-hydrogen) atoms. The molecule has 1 unspecified atom stereocenters. The van der Waals surface area contributed by atoms with E-state index in [0.29, 0.717) is 0 Å². The average molecular weight is 269 g/mol. The van der Waals surface area contributed by atoms with Crippen molar-refractivity contribution in [3.63, 3.8) is 0 Å². The maximum absolute atomic E-state index is 4.63. The number of hydrogen-bond donors (Lipinski definition) is 1. The van der Waals surface area contributed by atoms with Gasteiger partial charge in [0.25, 0.3) is 0 Å². The zero-order valence-electron chi connectivity index (χ0n) is 10.9. The highest BCUT2D eigenvalue weighted by Gasteiger charge is 2.10. The molecule has 3 rings (SSSR count). The van der Waals surface area contributed by atoms with E-state index in [2.05, 4.69) is 46.5 Å². The maximum atomic E-state index is 4.63. The van der Waals surface area contributed by atoms with Gasteiger partial charge in [0.2, 0.25) is 0 Å². The predicted molar refractivity (Wildman–Crippen MR) is 80.6 cm³/mol. The van der Waals surface area contributed by atoms with E-state index in [-0.39, 0.29) is 6.04 Å². The van der Waals surface area contributed by atoms with E-state index in [1.807, 2.05) is 24.6 Å². The van der Waals surface area contributed by atoms with Crippen LogP contribution in [0.5, 0.6) is 0 Å². The lowest BCUT2D eigenvalue weighted by molar-refractivity contribution is 0.871. The molecule has 0 bridgehead atoms. The molecule has 0 saturated heterocycles. The van der Waals surface area contributed by atoms with Crippen molar-refractivity contribution in [2.24, 2.45) is 0 Å². The van der Waals surface area contributed by atoms with Crippen molar-refractivity contribution in [1.29, 1.82) is 0 Å². The lowest BCUT2D eigenvalue weighted by Gasteiger charge is -2.14. The monoisotopic (exact) mass is 269 g/mol. The average Bonchev–Trinajstić information content (AvgIpc) is 2.93. The van der Waals surface area contributed by atoms with Gasteiger partial charge in [-0.1, -0.05) is 18.2 Å². The van der Waals surface area contributed by atoms with Crippen molar-refractivity contribution >= 4 is 27.9 Å². The molecule has 0 aliphatic heterocycles. The van der Waals surface area contributed by atoms with E-state index in [0.717, 1.165) is 27.3 Å². The zero-order chi connectivity index (χ0) is 13.2. The molecule has 0 radical (unpaired) electrons. The quantitative estimate of drug-likeness (QED) is 0.775. The number of nitrogens with zero attached hydrogens (tertiary/aromatic N) is 2. The number of pyridine rings is 1. The molecule has 1 aromatic carbocycles. The molecule has 1 atom stereocenters. The fraction of sp³-hybridized carbons (Fsp3) is 0.200. The van der Waals surface area contributed by atoms with Crippen LogP contribution in [0.25, 0.3) is 10.9 Å². The first-order chi connectivity index (χ1) is 9.24. The van der Waals surface area contributed by atoms with Crippen LogP contribution >= 0.6 is 11.3 Å². The molecule has 0 amide bonds. The highest BCUT2D eigenvalue weighted by molar-refractivity contribution is 7.09. The van der Waals surface area contributed by atoms with Gasteiger partial charge < -0.3 is 5.32 Å².